The highest BCUT2D eigenvalue weighted by molar-refractivity contribution is 5.35. The molecule has 12 heteroatoms. The molecule has 0 heterocycles. The van der Waals surface area contributed by atoms with Crippen LogP contribution in [0.5, 0.6) is 11.5 Å². The van der Waals surface area contributed by atoms with Crippen LogP contribution in [0, 0.1) is 17.7 Å². The molecule has 2 aromatic rings. The van der Waals surface area contributed by atoms with Crippen molar-refractivity contribution in [2.75, 3.05) is 6.54 Å². The first-order valence-electron chi connectivity index (χ1n) is 11.1. The van der Waals surface area contributed by atoms with Crippen LogP contribution in [-0.2, 0) is 0 Å². The van der Waals surface area contributed by atoms with E-state index in [1.54, 1.807) is 6.07 Å². The van der Waals surface area contributed by atoms with E-state index in [1.165, 1.54) is 30.3 Å². The van der Waals surface area contributed by atoms with Crippen molar-refractivity contribution >= 4 is 0 Å². The fourth-order valence-electron chi connectivity index (χ4n) is 4.37. The van der Waals surface area contributed by atoms with Crippen LogP contribution in [0.15, 0.2) is 48.5 Å². The van der Waals surface area contributed by atoms with Gasteiger partial charge >= 0.3 is 18.3 Å². The molecule has 3 rings (SSSR count). The summed E-state index contributed by atoms with van der Waals surface area (Å²) in [6, 6.07) is 10.3. The third kappa shape index (κ3) is 6.84. The fraction of sp³-hybridized carbons (Fsp3) is 0.500. The van der Waals surface area contributed by atoms with Crippen LogP contribution in [0.2, 0.25) is 0 Å². The van der Waals surface area contributed by atoms with Gasteiger partial charge in [-0.15, -0.1) is 0 Å². The molecule has 2 atom stereocenters. The van der Waals surface area contributed by atoms with Crippen molar-refractivity contribution < 1.29 is 49.4 Å². The topological polar surface area (TPSA) is 41.5 Å². The Hall–Kier alpha value is -2.47. The molecule has 1 fully saturated rings. The molecule has 1 aliphatic carbocycles. The Kier molecular flexibility index (Phi) is 8.49. The number of aliphatic hydroxyl groups excluding tert-OH is 1. The van der Waals surface area contributed by atoms with Crippen molar-refractivity contribution in [3.05, 3.63) is 59.9 Å². The van der Waals surface area contributed by atoms with Crippen LogP contribution < -0.4 is 10.1 Å². The van der Waals surface area contributed by atoms with Crippen LogP contribution in [0.3, 0.4) is 0 Å². The average Bonchev–Trinajstić information content (AvgIpc) is 2.80. The van der Waals surface area contributed by atoms with E-state index >= 15 is 0 Å². The van der Waals surface area contributed by atoms with E-state index in [2.05, 4.69) is 5.32 Å². The Bertz CT molecular complexity index is 984. The number of rotatable bonds is 8. The SMILES string of the molecule is OC(CNC(c1cccc(Oc2ccc(F)cc2)c1)C1CCC(C(F)(F)C(F)(F)F)CC1)C(F)(F)F. The van der Waals surface area contributed by atoms with Crippen molar-refractivity contribution in [2.45, 2.75) is 56.1 Å². The van der Waals surface area contributed by atoms with Crippen LogP contribution in [0.4, 0.5) is 39.5 Å². The maximum absolute atomic E-state index is 13.8. The molecule has 2 unspecified atom stereocenters. The number of alkyl halides is 8. The first-order valence-corrected chi connectivity index (χ1v) is 11.1. The molecule has 1 aliphatic rings. The smallest absolute Gasteiger partial charge is 0.453 e. The van der Waals surface area contributed by atoms with Gasteiger partial charge in [0.1, 0.15) is 17.3 Å². The summed E-state index contributed by atoms with van der Waals surface area (Å²) >= 11 is 0. The molecule has 0 radical (unpaired) electrons. The summed E-state index contributed by atoms with van der Waals surface area (Å²) in [4.78, 5) is 0. The Morgan fingerprint density at radius 3 is 2.03 bits per heavy atom. The van der Waals surface area contributed by atoms with Crippen molar-refractivity contribution in [1.29, 1.82) is 0 Å². The molecule has 36 heavy (non-hydrogen) atoms. The van der Waals surface area contributed by atoms with Gasteiger partial charge in [-0.2, -0.15) is 35.1 Å². The first-order chi connectivity index (χ1) is 16.7. The van der Waals surface area contributed by atoms with E-state index in [9.17, 15) is 44.6 Å². The van der Waals surface area contributed by atoms with Gasteiger partial charge in [-0.25, -0.2) is 4.39 Å². The van der Waals surface area contributed by atoms with Gasteiger partial charge in [-0.3, -0.25) is 0 Å². The number of ether oxygens (including phenoxy) is 1. The lowest BCUT2D eigenvalue weighted by Crippen LogP contribution is -2.46. The highest BCUT2D eigenvalue weighted by Gasteiger charge is 2.62. The van der Waals surface area contributed by atoms with Gasteiger partial charge in [0.2, 0.25) is 0 Å². The minimum Gasteiger partial charge on any atom is -0.457 e. The molecule has 0 bridgehead atoms. The summed E-state index contributed by atoms with van der Waals surface area (Å²) in [7, 11) is 0. The van der Waals surface area contributed by atoms with Gasteiger partial charge in [0.15, 0.2) is 6.10 Å². The number of hydrogen-bond donors (Lipinski definition) is 2. The molecule has 1 saturated carbocycles. The summed E-state index contributed by atoms with van der Waals surface area (Å²) < 4.78 is 123. The molecule has 0 aliphatic heterocycles. The Labute approximate surface area is 201 Å². The lowest BCUT2D eigenvalue weighted by molar-refractivity contribution is -0.306. The van der Waals surface area contributed by atoms with E-state index in [0.717, 1.165) is 12.1 Å². The van der Waals surface area contributed by atoms with E-state index < -0.39 is 67.5 Å². The zero-order chi connectivity index (χ0) is 26.7. The summed E-state index contributed by atoms with van der Waals surface area (Å²) in [5.74, 6) is -7.33. The molecule has 0 amide bonds. The third-order valence-electron chi connectivity index (χ3n) is 6.31. The second-order valence-electron chi connectivity index (χ2n) is 8.80. The maximum Gasteiger partial charge on any atom is 0.453 e. The summed E-state index contributed by atoms with van der Waals surface area (Å²) in [6.45, 7) is -0.907. The summed E-state index contributed by atoms with van der Waals surface area (Å²) in [5, 5.41) is 12.0. The molecule has 3 nitrogen and oxygen atoms in total. The highest BCUT2D eigenvalue weighted by Crippen LogP contribution is 2.49. The minimum atomic E-state index is -5.69. The van der Waals surface area contributed by atoms with Crippen molar-refractivity contribution in [3.8, 4) is 11.5 Å². The molecule has 0 saturated heterocycles. The quantitative estimate of drug-likeness (QED) is 0.356. The van der Waals surface area contributed by atoms with Crippen LogP contribution in [-0.4, -0.2) is 36.0 Å². The Morgan fingerprint density at radius 2 is 1.47 bits per heavy atom. The normalized spacial score (nSPS) is 21.2. The van der Waals surface area contributed by atoms with E-state index in [4.69, 9.17) is 4.74 Å². The largest absolute Gasteiger partial charge is 0.457 e. The lowest BCUT2D eigenvalue weighted by atomic mass is 9.74. The number of benzene rings is 2. The zero-order valence-electron chi connectivity index (χ0n) is 18.7. The number of hydrogen-bond acceptors (Lipinski definition) is 3. The fourth-order valence-corrected chi connectivity index (χ4v) is 4.37. The van der Waals surface area contributed by atoms with Crippen LogP contribution in [0.25, 0.3) is 0 Å². The summed E-state index contributed by atoms with van der Waals surface area (Å²) in [5.41, 5.74) is 0.398. The monoisotopic (exact) mass is 529 g/mol. The van der Waals surface area contributed by atoms with Gasteiger partial charge < -0.3 is 15.2 Å². The molecule has 2 aromatic carbocycles. The van der Waals surface area contributed by atoms with Gasteiger partial charge in [0, 0.05) is 18.5 Å². The van der Waals surface area contributed by atoms with Crippen molar-refractivity contribution in [3.63, 3.8) is 0 Å². The molecule has 0 aromatic heterocycles. The summed E-state index contributed by atoms with van der Waals surface area (Å²) in [6.07, 6.45) is -14.4. The van der Waals surface area contributed by atoms with E-state index in [0.29, 0.717) is 5.56 Å². The van der Waals surface area contributed by atoms with Crippen molar-refractivity contribution in [1.82, 2.24) is 5.32 Å². The van der Waals surface area contributed by atoms with Crippen LogP contribution in [0.1, 0.15) is 37.3 Å². The minimum absolute atomic E-state index is 0.0981. The predicted octanol–water partition coefficient (Wildman–Crippen LogP) is 7.18. The van der Waals surface area contributed by atoms with Gasteiger partial charge in [-0.05, 0) is 73.6 Å². The van der Waals surface area contributed by atoms with Gasteiger partial charge in [0.05, 0.1) is 0 Å². The lowest BCUT2D eigenvalue weighted by Gasteiger charge is -2.38. The molecule has 0 spiro atoms. The molecular formula is C24H24F9NO2. The molecule has 2 N–H and O–H groups in total. The number of nitrogens with one attached hydrogen (secondary N) is 1. The van der Waals surface area contributed by atoms with E-state index in [-0.39, 0.29) is 24.3 Å². The predicted molar refractivity (Wildman–Crippen MR) is 112 cm³/mol. The maximum atomic E-state index is 13.8. The highest BCUT2D eigenvalue weighted by atomic mass is 19.4. The Morgan fingerprint density at radius 1 is 0.861 bits per heavy atom. The van der Waals surface area contributed by atoms with Gasteiger partial charge in [0.25, 0.3) is 0 Å². The van der Waals surface area contributed by atoms with Crippen LogP contribution >= 0.6 is 0 Å². The molecule has 200 valence electrons. The molecular weight excluding hydrogens is 505 g/mol. The Balaban J connectivity index is 1.80. The second kappa shape index (κ2) is 10.9. The van der Waals surface area contributed by atoms with E-state index in [1.807, 2.05) is 0 Å². The standard InChI is InChI=1S/C24H24F9NO2/c25-17-8-10-18(11-9-17)36-19-3-1-2-15(12-19)21(34-13-20(35)23(28,29)30)14-4-6-16(7-5-14)22(26,27)24(31,32)33/h1-3,8-12,14,16,20-21,34-35H,4-7,13H2. The number of halogens is 9. The zero-order valence-corrected chi connectivity index (χ0v) is 18.7. The first kappa shape index (κ1) is 28.1. The third-order valence-corrected chi connectivity index (χ3v) is 6.31. The second-order valence-corrected chi connectivity index (χ2v) is 8.80. The van der Waals surface area contributed by atoms with Crippen molar-refractivity contribution in [2.24, 2.45) is 11.8 Å². The number of aliphatic hydroxyl groups is 1. The average molecular weight is 529 g/mol. The van der Waals surface area contributed by atoms with Gasteiger partial charge in [-0.1, -0.05) is 12.1 Å².